The number of hydrogen-bond donors (Lipinski definition) is 3. The van der Waals surface area contributed by atoms with E-state index in [2.05, 4.69) is 32.7 Å². The number of carboxylic acid groups (broad SMARTS) is 1. The third-order valence-corrected chi connectivity index (χ3v) is 12.5. The van der Waals surface area contributed by atoms with E-state index in [-0.39, 0.29) is 33.6 Å². The minimum absolute atomic E-state index is 0.0543. The molecule has 39 heavy (non-hydrogen) atoms. The lowest BCUT2D eigenvalue weighted by Gasteiger charge is -2.64. The molecule has 0 radical (unpaired) electrons. The van der Waals surface area contributed by atoms with Gasteiger partial charge in [-0.2, -0.15) is 0 Å². The quantitative estimate of drug-likeness (QED) is 0.300. The standard InChI is InChI=1S/C32H48ClNO5/c1-5-21-25-16-20(35)10-12-32(25,4)24-11-13-31(3)22(8-9-23(31)27(24)28(21)36)18(2)7-6-14-39-29-26(33)15-19(17-34-29)30(37)38/h15,17-18,20-25,27-28,35-36H,5-14,16H2,1-4H3,(H,37,38)/t18-,20-,21-,22-,23+,24+,25+,27+,28-,31-,32-/m1/s1. The Kier molecular flexibility index (Phi) is 8.32. The maximum absolute atomic E-state index is 11.9. The van der Waals surface area contributed by atoms with Gasteiger partial charge in [-0.3, -0.25) is 0 Å². The largest absolute Gasteiger partial charge is 0.478 e. The van der Waals surface area contributed by atoms with Crippen molar-refractivity contribution < 1.29 is 24.9 Å². The zero-order valence-electron chi connectivity index (χ0n) is 24.1. The first-order valence-electron chi connectivity index (χ1n) is 15.4. The first-order chi connectivity index (χ1) is 18.5. The number of rotatable bonds is 8. The molecule has 6 nitrogen and oxygen atoms in total. The summed E-state index contributed by atoms with van der Waals surface area (Å²) in [5.41, 5.74) is 0.554. The van der Waals surface area contributed by atoms with Crippen molar-refractivity contribution in [1.82, 2.24) is 4.98 Å². The Labute approximate surface area is 238 Å². The fraction of sp³-hybridized carbons (Fsp3) is 0.812. The molecule has 0 unspecified atom stereocenters. The van der Waals surface area contributed by atoms with Gasteiger partial charge in [0.1, 0.15) is 5.02 Å². The van der Waals surface area contributed by atoms with Gasteiger partial charge in [-0.15, -0.1) is 0 Å². The number of fused-ring (bicyclic) bond motifs is 5. The van der Waals surface area contributed by atoms with Crippen LogP contribution in [0.3, 0.4) is 0 Å². The van der Waals surface area contributed by atoms with E-state index in [9.17, 15) is 15.0 Å². The molecule has 4 aliphatic rings. The molecule has 3 N–H and O–H groups in total. The summed E-state index contributed by atoms with van der Waals surface area (Å²) >= 11 is 6.18. The fourth-order valence-corrected chi connectivity index (χ4v) is 10.6. The van der Waals surface area contributed by atoms with Crippen LogP contribution in [0.4, 0.5) is 0 Å². The van der Waals surface area contributed by atoms with E-state index in [0.717, 1.165) is 38.5 Å². The van der Waals surface area contributed by atoms with Crippen LogP contribution in [0.2, 0.25) is 5.02 Å². The van der Waals surface area contributed by atoms with Crippen LogP contribution >= 0.6 is 11.6 Å². The van der Waals surface area contributed by atoms with E-state index in [1.165, 1.54) is 37.9 Å². The van der Waals surface area contributed by atoms with E-state index >= 15 is 0 Å². The third-order valence-electron chi connectivity index (χ3n) is 12.2. The molecule has 0 aromatic carbocycles. The molecule has 1 heterocycles. The number of aromatic carboxylic acids is 1. The van der Waals surface area contributed by atoms with Gasteiger partial charge in [0, 0.05) is 6.20 Å². The Morgan fingerprint density at radius 2 is 1.85 bits per heavy atom. The van der Waals surface area contributed by atoms with E-state index in [0.29, 0.717) is 53.9 Å². The van der Waals surface area contributed by atoms with Gasteiger partial charge < -0.3 is 20.1 Å². The van der Waals surface area contributed by atoms with E-state index < -0.39 is 5.97 Å². The second kappa shape index (κ2) is 11.1. The zero-order valence-corrected chi connectivity index (χ0v) is 24.9. The van der Waals surface area contributed by atoms with Crippen LogP contribution < -0.4 is 4.74 Å². The lowest BCUT2D eigenvalue weighted by Crippen LogP contribution is -2.62. The minimum Gasteiger partial charge on any atom is -0.478 e. The molecule has 1 aromatic heterocycles. The highest BCUT2D eigenvalue weighted by atomic mass is 35.5. The SMILES string of the molecule is CC[C@H]1[C@@H](O)[C@@H]2[C@H](CC[C@]3(C)[C@@H]([C@H](C)CCCOc4ncc(C(=O)O)cc4Cl)CC[C@@H]23)[C@@]2(C)CC[C@@H](O)C[C@@H]12. The van der Waals surface area contributed by atoms with Gasteiger partial charge in [0.15, 0.2) is 0 Å². The van der Waals surface area contributed by atoms with Gasteiger partial charge in [0.25, 0.3) is 0 Å². The molecule has 4 saturated carbocycles. The summed E-state index contributed by atoms with van der Waals surface area (Å²) in [4.78, 5) is 15.2. The van der Waals surface area contributed by atoms with Crippen LogP contribution in [-0.2, 0) is 0 Å². The van der Waals surface area contributed by atoms with Gasteiger partial charge in [-0.1, -0.05) is 45.7 Å². The Hall–Kier alpha value is -1.37. The van der Waals surface area contributed by atoms with Crippen molar-refractivity contribution >= 4 is 17.6 Å². The molecular formula is C32H48ClNO5. The second-order valence-electron chi connectivity index (χ2n) is 13.9. The summed E-state index contributed by atoms with van der Waals surface area (Å²) in [5.74, 6) is 2.70. The summed E-state index contributed by atoms with van der Waals surface area (Å²) in [7, 11) is 0. The molecule has 0 saturated heterocycles. The van der Waals surface area contributed by atoms with E-state index in [1.54, 1.807) is 0 Å². The fourth-order valence-electron chi connectivity index (χ4n) is 10.4. The summed E-state index contributed by atoms with van der Waals surface area (Å²) in [5, 5.41) is 31.7. The van der Waals surface area contributed by atoms with Crippen molar-refractivity contribution in [3.8, 4) is 5.88 Å². The number of aliphatic hydroxyl groups excluding tert-OH is 2. The number of aromatic nitrogens is 1. The average Bonchev–Trinajstić information content (AvgIpc) is 3.25. The van der Waals surface area contributed by atoms with Crippen molar-refractivity contribution in [3.63, 3.8) is 0 Å². The van der Waals surface area contributed by atoms with Crippen LogP contribution in [0.15, 0.2) is 12.3 Å². The van der Waals surface area contributed by atoms with Crippen LogP contribution in [0.5, 0.6) is 5.88 Å². The number of pyridine rings is 1. The van der Waals surface area contributed by atoms with Gasteiger partial charge in [-0.25, -0.2) is 9.78 Å². The lowest BCUT2D eigenvalue weighted by atomic mass is 9.41. The molecular weight excluding hydrogens is 514 g/mol. The average molecular weight is 562 g/mol. The number of carboxylic acids is 1. The molecule has 0 amide bonds. The van der Waals surface area contributed by atoms with Crippen molar-refractivity contribution in [2.45, 2.75) is 104 Å². The first kappa shape index (κ1) is 29.1. The van der Waals surface area contributed by atoms with Crippen molar-refractivity contribution in [2.24, 2.45) is 52.3 Å². The molecule has 218 valence electrons. The van der Waals surface area contributed by atoms with Crippen LogP contribution in [0, 0.1) is 52.3 Å². The smallest absolute Gasteiger partial charge is 0.337 e. The molecule has 4 fully saturated rings. The molecule has 11 atom stereocenters. The van der Waals surface area contributed by atoms with Crippen molar-refractivity contribution in [3.05, 3.63) is 22.8 Å². The van der Waals surface area contributed by atoms with E-state index in [4.69, 9.17) is 21.4 Å². The molecule has 0 spiro atoms. The number of nitrogens with zero attached hydrogens (tertiary/aromatic N) is 1. The molecule has 0 aliphatic heterocycles. The van der Waals surface area contributed by atoms with Gasteiger partial charge >= 0.3 is 5.97 Å². The first-order valence-corrected chi connectivity index (χ1v) is 15.8. The number of halogens is 1. The highest BCUT2D eigenvalue weighted by Crippen LogP contribution is 2.69. The van der Waals surface area contributed by atoms with Gasteiger partial charge in [0.2, 0.25) is 5.88 Å². The maximum Gasteiger partial charge on any atom is 0.337 e. The summed E-state index contributed by atoms with van der Waals surface area (Å²) < 4.78 is 5.81. The number of hydrogen-bond acceptors (Lipinski definition) is 5. The lowest BCUT2D eigenvalue weighted by molar-refractivity contribution is -0.203. The molecule has 0 bridgehead atoms. The number of carbonyl (C=O) groups is 1. The normalized spacial score (nSPS) is 42.2. The topological polar surface area (TPSA) is 99.9 Å². The van der Waals surface area contributed by atoms with Crippen molar-refractivity contribution in [2.75, 3.05) is 6.61 Å². The second-order valence-corrected chi connectivity index (χ2v) is 14.3. The third kappa shape index (κ3) is 5.01. The highest BCUT2D eigenvalue weighted by Gasteiger charge is 2.64. The Bertz CT molecular complexity index is 1050. The summed E-state index contributed by atoms with van der Waals surface area (Å²) in [6, 6.07) is 1.38. The van der Waals surface area contributed by atoms with Crippen molar-refractivity contribution in [1.29, 1.82) is 0 Å². The van der Waals surface area contributed by atoms with Crippen LogP contribution in [-0.4, -0.2) is 45.1 Å². The summed E-state index contributed by atoms with van der Waals surface area (Å²) in [6.07, 6.45) is 11.6. The Morgan fingerprint density at radius 3 is 2.54 bits per heavy atom. The van der Waals surface area contributed by atoms with Gasteiger partial charge in [-0.05, 0) is 116 Å². The zero-order chi connectivity index (χ0) is 28.1. The molecule has 7 heteroatoms. The predicted octanol–water partition coefficient (Wildman–Crippen LogP) is 6.86. The maximum atomic E-state index is 11.9. The molecule has 1 aromatic rings. The van der Waals surface area contributed by atoms with E-state index in [1.807, 2.05) is 0 Å². The number of aliphatic hydroxyl groups is 2. The molecule has 4 aliphatic carbocycles. The Morgan fingerprint density at radius 1 is 1.13 bits per heavy atom. The minimum atomic E-state index is -1.06. The van der Waals surface area contributed by atoms with Gasteiger partial charge in [0.05, 0.1) is 24.4 Å². The molecule has 5 rings (SSSR count). The number of ether oxygens (including phenoxy) is 1. The summed E-state index contributed by atoms with van der Waals surface area (Å²) in [6.45, 7) is 10.2. The predicted molar refractivity (Wildman–Crippen MR) is 152 cm³/mol. The monoisotopic (exact) mass is 561 g/mol. The van der Waals surface area contributed by atoms with Crippen LogP contribution in [0.1, 0.15) is 102 Å². The highest BCUT2D eigenvalue weighted by molar-refractivity contribution is 6.32. The Balaban J connectivity index is 1.23. The van der Waals surface area contributed by atoms with Crippen LogP contribution in [0.25, 0.3) is 0 Å².